The predicted octanol–water partition coefficient (Wildman–Crippen LogP) is 2.08. The molecule has 0 aliphatic carbocycles. The summed E-state index contributed by atoms with van der Waals surface area (Å²) in [6.45, 7) is 4.08. The van der Waals surface area contributed by atoms with Gasteiger partial charge in [0.1, 0.15) is 0 Å². The Morgan fingerprint density at radius 2 is 2.11 bits per heavy atom. The van der Waals surface area contributed by atoms with Crippen LogP contribution in [0.5, 0.6) is 0 Å². The van der Waals surface area contributed by atoms with Gasteiger partial charge in [0, 0.05) is 12.7 Å². The Labute approximate surface area is 112 Å². The zero-order valence-electron chi connectivity index (χ0n) is 11.1. The largest absolute Gasteiger partial charge is 0.388 e. The zero-order chi connectivity index (χ0) is 13.6. The van der Waals surface area contributed by atoms with Crippen molar-refractivity contribution in [2.45, 2.75) is 37.3 Å². The Kier molecular flexibility index (Phi) is 5.62. The number of rotatable bonds is 6. The van der Waals surface area contributed by atoms with E-state index in [0.29, 0.717) is 18.4 Å². The molecule has 0 bridgehead atoms. The number of carbonyl (C=O) groups is 1. The number of nitrogens with zero attached hydrogens (tertiary/aromatic N) is 1. The van der Waals surface area contributed by atoms with Gasteiger partial charge in [0.15, 0.2) is 0 Å². The predicted molar refractivity (Wildman–Crippen MR) is 73.9 cm³/mol. The average Bonchev–Trinajstić information content (AvgIpc) is 2.44. The Morgan fingerprint density at radius 1 is 1.44 bits per heavy atom. The van der Waals surface area contributed by atoms with Gasteiger partial charge in [-0.2, -0.15) is 0 Å². The van der Waals surface area contributed by atoms with Crippen LogP contribution in [0.2, 0.25) is 0 Å². The van der Waals surface area contributed by atoms with Crippen molar-refractivity contribution in [2.24, 2.45) is 0 Å². The summed E-state index contributed by atoms with van der Waals surface area (Å²) in [5, 5.41) is 13.7. The van der Waals surface area contributed by atoms with Crippen LogP contribution in [0.15, 0.2) is 23.4 Å². The normalized spacial score (nSPS) is 11.3. The highest BCUT2D eigenvalue weighted by atomic mass is 32.2. The molecule has 0 saturated carbocycles. The van der Waals surface area contributed by atoms with Crippen molar-refractivity contribution in [3.63, 3.8) is 0 Å². The maximum atomic E-state index is 11.9. The molecule has 1 rings (SSSR count). The number of hydrogen-bond donors (Lipinski definition) is 2. The summed E-state index contributed by atoms with van der Waals surface area (Å²) in [7, 11) is 0. The summed E-state index contributed by atoms with van der Waals surface area (Å²) in [6, 6.07) is 3.55. The molecular weight excluding hydrogens is 248 g/mol. The molecule has 18 heavy (non-hydrogen) atoms. The van der Waals surface area contributed by atoms with E-state index in [1.54, 1.807) is 12.3 Å². The van der Waals surface area contributed by atoms with Crippen LogP contribution in [0.25, 0.3) is 0 Å². The minimum Gasteiger partial charge on any atom is -0.388 e. The van der Waals surface area contributed by atoms with E-state index in [0.717, 1.165) is 5.03 Å². The number of aromatic nitrogens is 1. The maximum Gasteiger partial charge on any atom is 0.252 e. The lowest BCUT2D eigenvalue weighted by Crippen LogP contribution is -2.42. The van der Waals surface area contributed by atoms with Crippen molar-refractivity contribution in [2.75, 3.05) is 12.8 Å². The van der Waals surface area contributed by atoms with E-state index in [1.807, 2.05) is 26.2 Å². The second-order valence-electron chi connectivity index (χ2n) is 4.20. The highest BCUT2D eigenvalue weighted by molar-refractivity contribution is 7.98. The first-order chi connectivity index (χ1) is 8.54. The summed E-state index contributed by atoms with van der Waals surface area (Å²) in [6.07, 6.45) is 4.73. The van der Waals surface area contributed by atoms with Crippen molar-refractivity contribution in [1.82, 2.24) is 10.3 Å². The molecule has 0 aliphatic heterocycles. The lowest BCUT2D eigenvalue weighted by atomic mass is 9.97. The molecule has 5 heteroatoms. The Hall–Kier alpha value is -1.07. The first-order valence-corrected chi connectivity index (χ1v) is 7.27. The van der Waals surface area contributed by atoms with E-state index in [1.165, 1.54) is 11.8 Å². The topological polar surface area (TPSA) is 62.2 Å². The van der Waals surface area contributed by atoms with E-state index >= 15 is 0 Å². The fourth-order valence-electron chi connectivity index (χ4n) is 1.48. The molecule has 4 nitrogen and oxygen atoms in total. The van der Waals surface area contributed by atoms with Gasteiger partial charge in [-0.15, -0.1) is 11.8 Å². The van der Waals surface area contributed by atoms with E-state index < -0.39 is 5.60 Å². The molecule has 0 aliphatic rings. The van der Waals surface area contributed by atoms with Crippen LogP contribution in [0.3, 0.4) is 0 Å². The Balaban J connectivity index is 2.59. The van der Waals surface area contributed by atoms with Crippen LogP contribution in [-0.4, -0.2) is 34.4 Å². The first-order valence-electron chi connectivity index (χ1n) is 6.05. The van der Waals surface area contributed by atoms with E-state index in [-0.39, 0.29) is 12.5 Å². The second-order valence-corrected chi connectivity index (χ2v) is 5.03. The van der Waals surface area contributed by atoms with Crippen molar-refractivity contribution in [3.8, 4) is 0 Å². The highest BCUT2D eigenvalue weighted by Crippen LogP contribution is 2.14. The fourth-order valence-corrected chi connectivity index (χ4v) is 1.84. The molecule has 1 aromatic heterocycles. The van der Waals surface area contributed by atoms with Crippen molar-refractivity contribution < 1.29 is 9.90 Å². The summed E-state index contributed by atoms with van der Waals surface area (Å²) < 4.78 is 0. The molecule has 1 aromatic rings. The Bertz CT molecular complexity index is 388. The minimum atomic E-state index is -0.817. The molecule has 0 saturated heterocycles. The second kappa shape index (κ2) is 6.75. The summed E-state index contributed by atoms with van der Waals surface area (Å²) in [5.41, 5.74) is -0.301. The van der Waals surface area contributed by atoms with Crippen molar-refractivity contribution >= 4 is 17.7 Å². The number of aliphatic hydroxyl groups is 1. The van der Waals surface area contributed by atoms with Crippen molar-refractivity contribution in [3.05, 3.63) is 23.9 Å². The third kappa shape index (κ3) is 3.99. The highest BCUT2D eigenvalue weighted by Gasteiger charge is 2.22. The minimum absolute atomic E-state index is 0.199. The third-order valence-corrected chi connectivity index (χ3v) is 3.76. The van der Waals surface area contributed by atoms with Crippen LogP contribution in [0, 0.1) is 0 Å². The molecule has 0 spiro atoms. The van der Waals surface area contributed by atoms with Gasteiger partial charge in [0.2, 0.25) is 0 Å². The molecule has 1 amide bonds. The van der Waals surface area contributed by atoms with E-state index in [2.05, 4.69) is 10.3 Å². The summed E-state index contributed by atoms with van der Waals surface area (Å²) in [4.78, 5) is 16.0. The molecule has 0 atom stereocenters. The zero-order valence-corrected chi connectivity index (χ0v) is 11.9. The molecule has 0 unspecified atom stereocenters. The van der Waals surface area contributed by atoms with E-state index in [4.69, 9.17) is 0 Å². The summed E-state index contributed by atoms with van der Waals surface area (Å²) >= 11 is 1.53. The van der Waals surface area contributed by atoms with Crippen LogP contribution in [0.4, 0.5) is 0 Å². The number of amides is 1. The fraction of sp³-hybridized carbons (Fsp3) is 0.538. The van der Waals surface area contributed by atoms with Gasteiger partial charge < -0.3 is 10.4 Å². The number of hydrogen-bond acceptors (Lipinski definition) is 4. The molecule has 2 N–H and O–H groups in total. The van der Waals surface area contributed by atoms with Gasteiger partial charge in [-0.1, -0.05) is 13.8 Å². The average molecular weight is 268 g/mol. The standard InChI is InChI=1S/C13H20N2O2S/c1-4-13(17,5-2)9-15-12(16)10-6-7-11(18-3)14-8-10/h6-8,17H,4-5,9H2,1-3H3,(H,15,16). The molecule has 1 heterocycles. The lowest BCUT2D eigenvalue weighted by molar-refractivity contribution is 0.0314. The molecule has 0 fully saturated rings. The first kappa shape index (κ1) is 15.0. The maximum absolute atomic E-state index is 11.9. The van der Waals surface area contributed by atoms with Gasteiger partial charge in [-0.05, 0) is 31.2 Å². The number of nitrogens with one attached hydrogen (secondary N) is 1. The lowest BCUT2D eigenvalue weighted by Gasteiger charge is -2.25. The van der Waals surface area contributed by atoms with Crippen LogP contribution in [0.1, 0.15) is 37.0 Å². The van der Waals surface area contributed by atoms with Crippen molar-refractivity contribution in [1.29, 1.82) is 0 Å². The molecule has 0 radical (unpaired) electrons. The number of carbonyl (C=O) groups excluding carboxylic acids is 1. The van der Waals surface area contributed by atoms with Crippen LogP contribution >= 0.6 is 11.8 Å². The number of thioether (sulfide) groups is 1. The molecular formula is C13H20N2O2S. The van der Waals surface area contributed by atoms with Gasteiger partial charge >= 0.3 is 0 Å². The van der Waals surface area contributed by atoms with Gasteiger partial charge in [-0.25, -0.2) is 4.98 Å². The quantitative estimate of drug-likeness (QED) is 0.775. The third-order valence-electron chi connectivity index (χ3n) is 3.10. The smallest absolute Gasteiger partial charge is 0.252 e. The summed E-state index contributed by atoms with van der Waals surface area (Å²) in [5.74, 6) is -0.199. The van der Waals surface area contributed by atoms with E-state index in [9.17, 15) is 9.90 Å². The van der Waals surface area contributed by atoms with Gasteiger partial charge in [-0.3, -0.25) is 4.79 Å². The SMILES string of the molecule is CCC(O)(CC)CNC(=O)c1ccc(SC)nc1. The van der Waals surface area contributed by atoms with Crippen LogP contribution < -0.4 is 5.32 Å². The van der Waals surface area contributed by atoms with Gasteiger partial charge in [0.05, 0.1) is 16.2 Å². The number of pyridine rings is 1. The van der Waals surface area contributed by atoms with Gasteiger partial charge in [0.25, 0.3) is 5.91 Å². The van der Waals surface area contributed by atoms with Crippen LogP contribution in [-0.2, 0) is 0 Å². The monoisotopic (exact) mass is 268 g/mol. The Morgan fingerprint density at radius 3 is 2.56 bits per heavy atom. The molecule has 0 aromatic carbocycles. The molecule has 100 valence electrons.